The minimum atomic E-state index is 0.592. The van der Waals surface area contributed by atoms with Gasteiger partial charge in [0, 0.05) is 11.3 Å². The molecule has 0 saturated carbocycles. The van der Waals surface area contributed by atoms with Crippen molar-refractivity contribution in [1.82, 2.24) is 9.97 Å². The number of anilines is 3. The highest BCUT2D eigenvalue weighted by molar-refractivity contribution is 5.57. The smallest absolute Gasteiger partial charge is 0.229 e. The number of hydrogen-bond donors (Lipinski definition) is 3. The van der Waals surface area contributed by atoms with E-state index in [4.69, 9.17) is 5.84 Å². The van der Waals surface area contributed by atoms with Gasteiger partial charge >= 0.3 is 0 Å². The highest BCUT2D eigenvalue weighted by atomic mass is 15.3. The van der Waals surface area contributed by atoms with Gasteiger partial charge in [-0.3, -0.25) is 0 Å². The minimum Gasteiger partial charge on any atom is -0.324 e. The predicted octanol–water partition coefficient (Wildman–Crippen LogP) is 1.99. The number of nitrogen functional groups attached to an aromatic ring is 1. The number of rotatable bonds is 3. The number of nitrogens with one attached hydrogen (secondary N) is 2. The first kappa shape index (κ1) is 11.0. The first-order chi connectivity index (χ1) is 8.86. The summed E-state index contributed by atoms with van der Waals surface area (Å²) in [6, 6.07) is 9.87. The van der Waals surface area contributed by atoms with E-state index in [0.29, 0.717) is 5.95 Å². The van der Waals surface area contributed by atoms with Crippen LogP contribution in [0.3, 0.4) is 0 Å². The SMILES string of the molecule is NNc1nc(Nc2ccccc2)nc2c1CCC2. The molecular formula is C13H15N5. The number of nitrogens with two attached hydrogens (primary N) is 1. The van der Waals surface area contributed by atoms with E-state index in [1.807, 2.05) is 30.3 Å². The third-order valence-electron chi connectivity index (χ3n) is 3.10. The molecule has 0 atom stereocenters. The van der Waals surface area contributed by atoms with Crippen molar-refractivity contribution >= 4 is 17.5 Å². The summed E-state index contributed by atoms with van der Waals surface area (Å²) in [7, 11) is 0. The Kier molecular flexibility index (Phi) is 2.82. The van der Waals surface area contributed by atoms with E-state index < -0.39 is 0 Å². The summed E-state index contributed by atoms with van der Waals surface area (Å²) in [6.07, 6.45) is 3.12. The molecule has 0 spiro atoms. The van der Waals surface area contributed by atoms with E-state index in [-0.39, 0.29) is 0 Å². The van der Waals surface area contributed by atoms with Crippen LogP contribution in [-0.4, -0.2) is 9.97 Å². The molecule has 1 aliphatic carbocycles. The van der Waals surface area contributed by atoms with Crippen molar-refractivity contribution in [1.29, 1.82) is 0 Å². The molecule has 92 valence electrons. The Hall–Kier alpha value is -2.14. The van der Waals surface area contributed by atoms with Gasteiger partial charge in [0.25, 0.3) is 0 Å². The van der Waals surface area contributed by atoms with Crippen molar-refractivity contribution in [2.45, 2.75) is 19.3 Å². The highest BCUT2D eigenvalue weighted by Gasteiger charge is 2.18. The molecule has 1 aromatic carbocycles. The zero-order valence-electron chi connectivity index (χ0n) is 9.98. The van der Waals surface area contributed by atoms with Crippen LogP contribution in [0, 0.1) is 0 Å². The summed E-state index contributed by atoms with van der Waals surface area (Å²) in [5.41, 5.74) is 5.88. The quantitative estimate of drug-likeness (QED) is 0.566. The van der Waals surface area contributed by atoms with Gasteiger partial charge in [0.15, 0.2) is 0 Å². The second-order valence-electron chi connectivity index (χ2n) is 4.31. The molecule has 3 rings (SSSR count). The van der Waals surface area contributed by atoms with E-state index in [1.165, 1.54) is 0 Å². The number of hydrogen-bond acceptors (Lipinski definition) is 5. The molecular weight excluding hydrogens is 226 g/mol. The summed E-state index contributed by atoms with van der Waals surface area (Å²) in [5, 5.41) is 3.19. The van der Waals surface area contributed by atoms with Crippen LogP contribution < -0.4 is 16.6 Å². The largest absolute Gasteiger partial charge is 0.324 e. The van der Waals surface area contributed by atoms with Gasteiger partial charge in [0.05, 0.1) is 5.69 Å². The average Bonchev–Trinajstić information content (AvgIpc) is 2.87. The van der Waals surface area contributed by atoms with Crippen LogP contribution in [0.2, 0.25) is 0 Å². The normalized spacial score (nSPS) is 13.2. The second-order valence-corrected chi connectivity index (χ2v) is 4.31. The van der Waals surface area contributed by atoms with E-state index in [0.717, 1.165) is 42.0 Å². The van der Waals surface area contributed by atoms with Gasteiger partial charge in [-0.15, -0.1) is 0 Å². The number of aromatic nitrogens is 2. The summed E-state index contributed by atoms with van der Waals surface area (Å²) in [6.45, 7) is 0. The predicted molar refractivity (Wildman–Crippen MR) is 71.6 cm³/mol. The summed E-state index contributed by atoms with van der Waals surface area (Å²) in [5.74, 6) is 6.84. The zero-order valence-corrected chi connectivity index (χ0v) is 9.98. The maximum atomic E-state index is 5.52. The van der Waals surface area contributed by atoms with Crippen molar-refractivity contribution < 1.29 is 0 Å². The average molecular weight is 241 g/mol. The van der Waals surface area contributed by atoms with Gasteiger partial charge in [-0.1, -0.05) is 18.2 Å². The molecule has 1 heterocycles. The standard InChI is InChI=1S/C13H15N5/c14-18-12-10-7-4-8-11(10)16-13(17-12)15-9-5-2-1-3-6-9/h1-3,5-6H,4,7-8,14H2,(H2,15,16,17,18). The Labute approximate surface area is 105 Å². The Morgan fingerprint density at radius 2 is 1.89 bits per heavy atom. The molecule has 1 aliphatic rings. The van der Waals surface area contributed by atoms with Crippen molar-refractivity contribution in [2.24, 2.45) is 5.84 Å². The van der Waals surface area contributed by atoms with E-state index >= 15 is 0 Å². The van der Waals surface area contributed by atoms with Gasteiger partial charge in [0.1, 0.15) is 5.82 Å². The number of fused-ring (bicyclic) bond motifs is 1. The van der Waals surface area contributed by atoms with Crippen LogP contribution in [0.15, 0.2) is 30.3 Å². The minimum absolute atomic E-state index is 0.592. The van der Waals surface area contributed by atoms with Crippen molar-refractivity contribution in [3.05, 3.63) is 41.6 Å². The van der Waals surface area contributed by atoms with E-state index in [9.17, 15) is 0 Å². The maximum Gasteiger partial charge on any atom is 0.229 e. The Bertz CT molecular complexity index is 553. The molecule has 0 aliphatic heterocycles. The third kappa shape index (κ3) is 2.00. The van der Waals surface area contributed by atoms with E-state index in [2.05, 4.69) is 20.7 Å². The monoisotopic (exact) mass is 241 g/mol. The Morgan fingerprint density at radius 3 is 2.67 bits per heavy atom. The van der Waals surface area contributed by atoms with Crippen molar-refractivity contribution in [3.63, 3.8) is 0 Å². The Morgan fingerprint density at radius 1 is 1.06 bits per heavy atom. The number of hydrazine groups is 1. The van der Waals surface area contributed by atoms with Crippen LogP contribution in [0.1, 0.15) is 17.7 Å². The van der Waals surface area contributed by atoms with Crippen LogP contribution in [0.25, 0.3) is 0 Å². The molecule has 4 N–H and O–H groups in total. The lowest BCUT2D eigenvalue weighted by atomic mass is 10.2. The van der Waals surface area contributed by atoms with E-state index in [1.54, 1.807) is 0 Å². The van der Waals surface area contributed by atoms with Crippen LogP contribution >= 0.6 is 0 Å². The van der Waals surface area contributed by atoms with Gasteiger partial charge in [-0.05, 0) is 31.4 Å². The van der Waals surface area contributed by atoms with Crippen LogP contribution in [-0.2, 0) is 12.8 Å². The molecule has 0 amide bonds. The number of aryl methyl sites for hydroxylation is 1. The molecule has 0 radical (unpaired) electrons. The highest BCUT2D eigenvalue weighted by Crippen LogP contribution is 2.27. The lowest BCUT2D eigenvalue weighted by Crippen LogP contribution is -2.13. The molecule has 0 saturated heterocycles. The summed E-state index contributed by atoms with van der Waals surface area (Å²) < 4.78 is 0. The van der Waals surface area contributed by atoms with Crippen molar-refractivity contribution in [3.8, 4) is 0 Å². The first-order valence-electron chi connectivity index (χ1n) is 6.05. The first-order valence-corrected chi connectivity index (χ1v) is 6.05. The Balaban J connectivity index is 1.94. The fourth-order valence-corrected chi connectivity index (χ4v) is 2.26. The molecule has 5 heteroatoms. The fraction of sp³-hybridized carbons (Fsp3) is 0.231. The fourth-order valence-electron chi connectivity index (χ4n) is 2.26. The van der Waals surface area contributed by atoms with Gasteiger partial charge < -0.3 is 10.7 Å². The summed E-state index contributed by atoms with van der Waals surface area (Å²) >= 11 is 0. The maximum absolute atomic E-state index is 5.52. The topological polar surface area (TPSA) is 75.9 Å². The van der Waals surface area contributed by atoms with Gasteiger partial charge in [0.2, 0.25) is 5.95 Å². The molecule has 0 unspecified atom stereocenters. The third-order valence-corrected chi connectivity index (χ3v) is 3.10. The van der Waals surface area contributed by atoms with Gasteiger partial charge in [-0.25, -0.2) is 10.8 Å². The zero-order chi connectivity index (χ0) is 12.4. The number of benzene rings is 1. The lowest BCUT2D eigenvalue weighted by Gasteiger charge is -2.10. The lowest BCUT2D eigenvalue weighted by molar-refractivity contribution is 0.900. The number of nitrogens with zero attached hydrogens (tertiary/aromatic N) is 2. The van der Waals surface area contributed by atoms with Crippen molar-refractivity contribution in [2.75, 3.05) is 10.7 Å². The number of para-hydroxylation sites is 1. The van der Waals surface area contributed by atoms with Crippen LogP contribution in [0.5, 0.6) is 0 Å². The van der Waals surface area contributed by atoms with Crippen LogP contribution in [0.4, 0.5) is 17.5 Å². The molecule has 0 fully saturated rings. The second kappa shape index (κ2) is 4.62. The molecule has 0 bridgehead atoms. The van der Waals surface area contributed by atoms with Gasteiger partial charge in [-0.2, -0.15) is 4.98 Å². The molecule has 2 aromatic rings. The molecule has 18 heavy (non-hydrogen) atoms. The molecule has 1 aromatic heterocycles. The summed E-state index contributed by atoms with van der Waals surface area (Å²) in [4.78, 5) is 8.94. The molecule has 5 nitrogen and oxygen atoms in total.